The van der Waals surface area contributed by atoms with E-state index in [4.69, 9.17) is 0 Å². The van der Waals surface area contributed by atoms with Crippen molar-refractivity contribution in [1.29, 1.82) is 0 Å². The summed E-state index contributed by atoms with van der Waals surface area (Å²) < 4.78 is 26.4. The first-order chi connectivity index (χ1) is 9.47. The Morgan fingerprint density at radius 1 is 1.10 bits per heavy atom. The van der Waals surface area contributed by atoms with Crippen molar-refractivity contribution in [3.05, 3.63) is 65.2 Å². The molecule has 4 heteroatoms. The van der Waals surface area contributed by atoms with E-state index in [0.29, 0.717) is 12.1 Å². The monoisotopic (exact) mass is 277 g/mol. The first-order valence-electron chi connectivity index (χ1n) is 6.40. The van der Waals surface area contributed by atoms with Crippen LogP contribution >= 0.6 is 0 Å². The number of aliphatic hydroxyl groups excluding tert-OH is 1. The van der Waals surface area contributed by atoms with E-state index in [1.54, 1.807) is 19.1 Å². The van der Waals surface area contributed by atoms with E-state index in [-0.39, 0.29) is 11.6 Å². The number of nitrogens with zero attached hydrogens (tertiary/aromatic N) is 1. The Balaban J connectivity index is 2.27. The second kappa shape index (κ2) is 6.01. The summed E-state index contributed by atoms with van der Waals surface area (Å²) in [6.45, 7) is 2.07. The number of hydrogen-bond acceptors (Lipinski definition) is 2. The lowest BCUT2D eigenvalue weighted by Gasteiger charge is -2.24. The first-order valence-corrected chi connectivity index (χ1v) is 6.40. The topological polar surface area (TPSA) is 23.5 Å². The van der Waals surface area contributed by atoms with Crippen LogP contribution in [0.25, 0.3) is 0 Å². The molecule has 1 N–H and O–H groups in total. The molecule has 106 valence electrons. The van der Waals surface area contributed by atoms with Gasteiger partial charge in [-0.05, 0) is 42.8 Å². The predicted molar refractivity (Wildman–Crippen MR) is 75.5 cm³/mol. The van der Waals surface area contributed by atoms with E-state index in [0.717, 1.165) is 11.3 Å². The number of rotatable bonds is 4. The van der Waals surface area contributed by atoms with Gasteiger partial charge < -0.3 is 10.0 Å². The van der Waals surface area contributed by atoms with Crippen LogP contribution in [0.15, 0.2) is 42.5 Å². The Kier molecular flexibility index (Phi) is 4.35. The average molecular weight is 277 g/mol. The van der Waals surface area contributed by atoms with E-state index in [1.807, 2.05) is 18.0 Å². The van der Waals surface area contributed by atoms with Crippen LogP contribution in [0.1, 0.15) is 24.2 Å². The molecule has 0 aliphatic rings. The highest BCUT2D eigenvalue weighted by Gasteiger charge is 2.13. The van der Waals surface area contributed by atoms with E-state index in [1.165, 1.54) is 24.3 Å². The van der Waals surface area contributed by atoms with E-state index >= 15 is 0 Å². The van der Waals surface area contributed by atoms with Crippen molar-refractivity contribution in [2.45, 2.75) is 19.6 Å². The zero-order chi connectivity index (χ0) is 14.7. The summed E-state index contributed by atoms with van der Waals surface area (Å²) in [5, 5.41) is 9.73. The second-order valence-electron chi connectivity index (χ2n) is 4.87. The van der Waals surface area contributed by atoms with E-state index < -0.39 is 6.10 Å². The predicted octanol–water partition coefficient (Wildman–Crippen LogP) is 3.65. The lowest BCUT2D eigenvalue weighted by Crippen LogP contribution is -2.18. The number of halogens is 2. The maximum atomic E-state index is 13.3. The zero-order valence-corrected chi connectivity index (χ0v) is 11.5. The summed E-state index contributed by atoms with van der Waals surface area (Å²) >= 11 is 0. The molecule has 2 rings (SSSR count). The number of aliphatic hydroxyl groups is 1. The summed E-state index contributed by atoms with van der Waals surface area (Å²) in [6, 6.07) is 10.6. The lowest BCUT2D eigenvalue weighted by molar-refractivity contribution is 0.199. The van der Waals surface area contributed by atoms with Gasteiger partial charge in [-0.1, -0.05) is 12.1 Å². The van der Waals surface area contributed by atoms with Gasteiger partial charge in [0.25, 0.3) is 0 Å². The van der Waals surface area contributed by atoms with Gasteiger partial charge in [0.15, 0.2) is 0 Å². The number of benzene rings is 2. The van der Waals surface area contributed by atoms with Gasteiger partial charge in [0.2, 0.25) is 0 Å². The highest BCUT2D eigenvalue weighted by molar-refractivity contribution is 5.54. The Hall–Kier alpha value is -1.94. The fourth-order valence-corrected chi connectivity index (χ4v) is 2.20. The smallest absolute Gasteiger partial charge is 0.123 e. The molecule has 0 spiro atoms. The van der Waals surface area contributed by atoms with Gasteiger partial charge >= 0.3 is 0 Å². The molecule has 0 heterocycles. The van der Waals surface area contributed by atoms with E-state index in [2.05, 4.69) is 0 Å². The van der Waals surface area contributed by atoms with E-state index in [9.17, 15) is 13.9 Å². The minimum absolute atomic E-state index is 0.286. The zero-order valence-electron chi connectivity index (χ0n) is 11.5. The molecule has 0 radical (unpaired) electrons. The fourth-order valence-electron chi connectivity index (χ4n) is 2.20. The van der Waals surface area contributed by atoms with Crippen molar-refractivity contribution < 1.29 is 13.9 Å². The highest BCUT2D eigenvalue weighted by Crippen LogP contribution is 2.27. The maximum absolute atomic E-state index is 13.3. The molecule has 0 unspecified atom stereocenters. The van der Waals surface area contributed by atoms with Gasteiger partial charge in [-0.3, -0.25) is 0 Å². The molecule has 0 aromatic heterocycles. The average Bonchev–Trinajstić information content (AvgIpc) is 2.38. The van der Waals surface area contributed by atoms with Crippen molar-refractivity contribution in [2.24, 2.45) is 0 Å². The molecule has 0 aliphatic carbocycles. The molecule has 1 atom stereocenters. The SMILES string of the molecule is C[C@@H](O)c1cc(F)ccc1N(C)Cc1cccc(F)c1. The van der Waals surface area contributed by atoms with Crippen LogP contribution in [0.4, 0.5) is 14.5 Å². The van der Waals surface area contributed by atoms with Crippen LogP contribution in [0.2, 0.25) is 0 Å². The Labute approximate surface area is 117 Å². The van der Waals surface area contributed by atoms with Gasteiger partial charge in [-0.2, -0.15) is 0 Å². The summed E-state index contributed by atoms with van der Waals surface area (Å²) in [6.07, 6.45) is -0.768. The van der Waals surface area contributed by atoms with Gasteiger partial charge in [-0.15, -0.1) is 0 Å². The molecule has 2 nitrogen and oxygen atoms in total. The van der Waals surface area contributed by atoms with Crippen LogP contribution in [-0.2, 0) is 6.54 Å². The van der Waals surface area contributed by atoms with Gasteiger partial charge in [0, 0.05) is 24.8 Å². The molecule has 0 amide bonds. The van der Waals surface area contributed by atoms with Crippen molar-refractivity contribution >= 4 is 5.69 Å². The van der Waals surface area contributed by atoms with Crippen LogP contribution in [0.5, 0.6) is 0 Å². The van der Waals surface area contributed by atoms with Crippen molar-refractivity contribution in [3.8, 4) is 0 Å². The quantitative estimate of drug-likeness (QED) is 0.922. The number of hydrogen-bond donors (Lipinski definition) is 1. The molecule has 0 aliphatic heterocycles. The Morgan fingerprint density at radius 2 is 1.80 bits per heavy atom. The van der Waals surface area contributed by atoms with Gasteiger partial charge in [0.1, 0.15) is 11.6 Å². The van der Waals surface area contributed by atoms with Crippen LogP contribution in [0, 0.1) is 11.6 Å². The third-order valence-corrected chi connectivity index (χ3v) is 3.16. The Morgan fingerprint density at radius 3 is 2.45 bits per heavy atom. The van der Waals surface area contributed by atoms with Gasteiger partial charge in [0.05, 0.1) is 6.10 Å². The molecule has 0 bridgehead atoms. The third kappa shape index (κ3) is 3.33. The summed E-state index contributed by atoms with van der Waals surface area (Å²) in [4.78, 5) is 1.86. The number of anilines is 1. The standard InChI is InChI=1S/C16H17F2NO/c1-11(20)15-9-14(18)6-7-16(15)19(2)10-12-4-3-5-13(17)8-12/h3-9,11,20H,10H2,1-2H3/t11-/m1/s1. The molecule has 0 saturated heterocycles. The molecular weight excluding hydrogens is 260 g/mol. The summed E-state index contributed by atoms with van der Waals surface area (Å²) in [7, 11) is 1.82. The van der Waals surface area contributed by atoms with Crippen molar-refractivity contribution in [3.63, 3.8) is 0 Å². The molecule has 20 heavy (non-hydrogen) atoms. The normalized spacial score (nSPS) is 12.2. The molecular formula is C16H17F2NO. The lowest BCUT2D eigenvalue weighted by atomic mass is 10.1. The molecule has 0 fully saturated rings. The van der Waals surface area contributed by atoms with Crippen molar-refractivity contribution in [1.82, 2.24) is 0 Å². The largest absolute Gasteiger partial charge is 0.389 e. The van der Waals surface area contributed by atoms with Crippen LogP contribution in [-0.4, -0.2) is 12.2 Å². The highest BCUT2D eigenvalue weighted by atomic mass is 19.1. The van der Waals surface area contributed by atoms with Crippen LogP contribution < -0.4 is 4.90 Å². The maximum Gasteiger partial charge on any atom is 0.123 e. The van der Waals surface area contributed by atoms with Crippen molar-refractivity contribution in [2.75, 3.05) is 11.9 Å². The third-order valence-electron chi connectivity index (χ3n) is 3.16. The molecule has 0 saturated carbocycles. The summed E-state index contributed by atoms with van der Waals surface area (Å²) in [5.41, 5.74) is 2.06. The summed E-state index contributed by atoms with van der Waals surface area (Å²) in [5.74, 6) is -0.672. The van der Waals surface area contributed by atoms with Crippen LogP contribution in [0.3, 0.4) is 0 Å². The Bertz CT molecular complexity index is 599. The second-order valence-corrected chi connectivity index (χ2v) is 4.87. The molecule has 2 aromatic rings. The fraction of sp³-hybridized carbons (Fsp3) is 0.250. The molecule has 2 aromatic carbocycles. The minimum atomic E-state index is -0.768. The minimum Gasteiger partial charge on any atom is -0.389 e. The first kappa shape index (κ1) is 14.5. The van der Waals surface area contributed by atoms with Gasteiger partial charge in [-0.25, -0.2) is 8.78 Å².